The number of ether oxygens (including phenoxy) is 1. The summed E-state index contributed by atoms with van der Waals surface area (Å²) in [6, 6.07) is 3.53. The van der Waals surface area contributed by atoms with Crippen molar-refractivity contribution in [2.75, 3.05) is 0 Å². The third-order valence-electron chi connectivity index (χ3n) is 15.8. The van der Waals surface area contributed by atoms with Crippen LogP contribution in [-0.2, 0) is 18.0 Å². The third-order valence-corrected chi connectivity index (χ3v) is 29.7. The van der Waals surface area contributed by atoms with Gasteiger partial charge in [-0.1, -0.05) is 106 Å². The van der Waals surface area contributed by atoms with Gasteiger partial charge in [-0.2, -0.15) is 0 Å². The van der Waals surface area contributed by atoms with Gasteiger partial charge in [0.05, 0.1) is 24.1 Å². The number of hydrogen-bond donors (Lipinski definition) is 0. The average molecular weight is 785 g/mol. The predicted octanol–water partition coefficient (Wildman–Crippen LogP) is 14.3. The molecule has 7 heteroatoms. The number of allylic oxidation sites excluding steroid dienone is 4. The maximum Gasteiger partial charge on any atom is 0.192 e. The second kappa shape index (κ2) is 15.2. The van der Waals surface area contributed by atoms with Crippen LogP contribution in [0.2, 0.25) is 54.4 Å². The van der Waals surface area contributed by atoms with Crippen molar-refractivity contribution in [1.82, 2.24) is 0 Å². The predicted molar refractivity (Wildman–Crippen MR) is 236 cm³/mol. The van der Waals surface area contributed by atoms with Crippen molar-refractivity contribution < 1.29 is 18.0 Å². The monoisotopic (exact) mass is 785 g/mol. The Balaban J connectivity index is 1.59. The van der Waals surface area contributed by atoms with E-state index in [0.29, 0.717) is 11.8 Å². The van der Waals surface area contributed by atoms with Crippen LogP contribution in [-0.4, -0.2) is 48.4 Å². The quantitative estimate of drug-likeness (QED) is 0.0999. The zero-order chi connectivity index (χ0) is 40.3. The van der Waals surface area contributed by atoms with E-state index in [2.05, 4.69) is 154 Å². The zero-order valence-electron chi connectivity index (χ0n) is 38.2. The van der Waals surface area contributed by atoms with E-state index in [1.165, 1.54) is 36.5 Å². The highest BCUT2D eigenvalue weighted by atomic mass is 28.4. The fourth-order valence-electron chi connectivity index (χ4n) is 10.1. The van der Waals surface area contributed by atoms with Crippen LogP contribution in [0.3, 0.4) is 0 Å². The molecule has 0 radical (unpaired) electrons. The lowest BCUT2D eigenvalue weighted by Gasteiger charge is -2.59. The second-order valence-electron chi connectivity index (χ2n) is 22.2. The Morgan fingerprint density at radius 2 is 1.36 bits per heavy atom. The Morgan fingerprint density at radius 1 is 0.792 bits per heavy atom. The van der Waals surface area contributed by atoms with Crippen molar-refractivity contribution in [3.63, 3.8) is 0 Å². The van der Waals surface area contributed by atoms with Crippen molar-refractivity contribution >= 4 is 25.0 Å². The molecule has 4 aliphatic carbocycles. The lowest BCUT2D eigenvalue weighted by atomic mass is 9.49. The van der Waals surface area contributed by atoms with Gasteiger partial charge in [0.25, 0.3) is 0 Å². The van der Waals surface area contributed by atoms with Crippen LogP contribution < -0.4 is 0 Å². The van der Waals surface area contributed by atoms with Gasteiger partial charge in [-0.3, -0.25) is 0 Å². The normalized spacial score (nSPS) is 30.4. The van der Waals surface area contributed by atoms with E-state index in [-0.39, 0.29) is 44.3 Å². The number of rotatable bonds is 14. The Kier molecular flexibility index (Phi) is 12.9. The van der Waals surface area contributed by atoms with E-state index in [0.717, 1.165) is 25.7 Å². The van der Waals surface area contributed by atoms with E-state index in [1.807, 2.05) is 6.26 Å². The van der Waals surface area contributed by atoms with E-state index in [4.69, 9.17) is 18.0 Å². The summed E-state index contributed by atoms with van der Waals surface area (Å²) in [5, 5.41) is 0.335. The van der Waals surface area contributed by atoms with Crippen LogP contribution in [0.5, 0.6) is 0 Å². The SMILES string of the molecule is CC[Si](CC)(CC)OC(C)(C)C/C=C\OC(C)(C)C1=CC[C@H]2C3=CC=C4C[C@@H](O[Si](C)(C)C(C)(C)C)C[C@H](O[Si](C)(C)C(C)(C)C)[C@]4(C)[C@H]3CC[C@]12C. The first kappa shape index (κ1) is 45.0. The number of fused-ring (bicyclic) bond motifs is 5. The molecule has 0 amide bonds. The fourth-order valence-corrected chi connectivity index (χ4v) is 16.1. The first-order valence-electron chi connectivity index (χ1n) is 21.6. The molecule has 0 heterocycles. The molecule has 4 nitrogen and oxygen atoms in total. The van der Waals surface area contributed by atoms with Crippen LogP contribution in [0.4, 0.5) is 0 Å². The highest BCUT2D eigenvalue weighted by Gasteiger charge is 2.60. The molecule has 0 N–H and O–H groups in total. The molecule has 0 unspecified atom stereocenters. The van der Waals surface area contributed by atoms with Crippen molar-refractivity contribution in [3.8, 4) is 0 Å². The van der Waals surface area contributed by atoms with Crippen molar-refractivity contribution in [3.05, 3.63) is 47.3 Å². The Labute approximate surface area is 331 Å². The molecule has 4 aliphatic rings. The van der Waals surface area contributed by atoms with Gasteiger partial charge in [0.15, 0.2) is 25.0 Å². The summed E-state index contributed by atoms with van der Waals surface area (Å²) in [7, 11) is -5.67. The fraction of sp³-hybridized carbons (Fsp3) is 0.826. The molecule has 0 aromatic rings. The molecule has 0 saturated heterocycles. The van der Waals surface area contributed by atoms with Crippen LogP contribution in [0, 0.1) is 22.7 Å². The molecule has 2 saturated carbocycles. The summed E-state index contributed by atoms with van der Waals surface area (Å²) in [4.78, 5) is 0. The Hall–Kier alpha value is -0.709. The van der Waals surface area contributed by atoms with Gasteiger partial charge >= 0.3 is 0 Å². The molecule has 53 heavy (non-hydrogen) atoms. The third kappa shape index (κ3) is 8.76. The minimum Gasteiger partial charge on any atom is -0.491 e. The molecule has 4 rings (SSSR count). The second-order valence-corrected chi connectivity index (χ2v) is 36.4. The maximum absolute atomic E-state index is 7.59. The van der Waals surface area contributed by atoms with Crippen LogP contribution >= 0.6 is 0 Å². The summed E-state index contributed by atoms with van der Waals surface area (Å²) in [6.07, 6.45) is 18.5. The van der Waals surface area contributed by atoms with Crippen LogP contribution in [0.25, 0.3) is 0 Å². The molecule has 304 valence electrons. The lowest BCUT2D eigenvalue weighted by molar-refractivity contribution is -0.0409. The van der Waals surface area contributed by atoms with Gasteiger partial charge in [-0.05, 0) is 150 Å². The topological polar surface area (TPSA) is 36.9 Å². The Morgan fingerprint density at radius 3 is 1.91 bits per heavy atom. The lowest BCUT2D eigenvalue weighted by Crippen LogP contribution is -2.58. The van der Waals surface area contributed by atoms with E-state index in [1.54, 1.807) is 11.1 Å². The van der Waals surface area contributed by atoms with E-state index >= 15 is 0 Å². The van der Waals surface area contributed by atoms with Gasteiger partial charge in [-0.25, -0.2) is 0 Å². The summed E-state index contributed by atoms with van der Waals surface area (Å²) in [6.45, 7) is 45.1. The van der Waals surface area contributed by atoms with E-state index < -0.39 is 25.0 Å². The largest absolute Gasteiger partial charge is 0.491 e. The van der Waals surface area contributed by atoms with Gasteiger partial charge in [0.2, 0.25) is 0 Å². The first-order valence-corrected chi connectivity index (χ1v) is 29.9. The van der Waals surface area contributed by atoms with Gasteiger partial charge < -0.3 is 18.0 Å². The highest BCUT2D eigenvalue weighted by molar-refractivity contribution is 6.74. The Bertz CT molecular complexity index is 1420. The van der Waals surface area contributed by atoms with Gasteiger partial charge in [0.1, 0.15) is 5.60 Å². The average Bonchev–Trinajstić information content (AvgIpc) is 3.39. The van der Waals surface area contributed by atoms with E-state index in [9.17, 15) is 0 Å². The molecule has 0 aromatic carbocycles. The molecular formula is C46H84O4Si3. The molecule has 0 aliphatic heterocycles. The minimum atomic E-state index is -2.05. The molecular weight excluding hydrogens is 701 g/mol. The zero-order valence-corrected chi connectivity index (χ0v) is 41.2. The van der Waals surface area contributed by atoms with Crippen LogP contribution in [0.15, 0.2) is 47.3 Å². The molecule has 6 atom stereocenters. The molecule has 0 aromatic heterocycles. The molecule has 2 fully saturated rings. The first-order chi connectivity index (χ1) is 24.0. The summed E-state index contributed by atoms with van der Waals surface area (Å²) in [5.74, 6) is 0.989. The van der Waals surface area contributed by atoms with Crippen LogP contribution in [0.1, 0.15) is 142 Å². The minimum absolute atomic E-state index is 0.0195. The summed E-state index contributed by atoms with van der Waals surface area (Å²) in [5.41, 5.74) is 4.20. The van der Waals surface area contributed by atoms with Crippen molar-refractivity contribution in [2.45, 2.75) is 220 Å². The summed E-state index contributed by atoms with van der Waals surface area (Å²) < 4.78 is 28.4. The summed E-state index contributed by atoms with van der Waals surface area (Å²) >= 11 is 0. The standard InChI is InChI=1S/C46H84O4Si3/c1-20-53(21-2,22-3)50-43(10,11)29-23-31-47-44(12,13)39-27-26-37-36-25-24-34-32-35(48-51(16,17)41(4,5)6)33-40(49-52(18,19)42(7,8)9)46(34,15)38(36)28-30-45(37,39)14/h23-25,27,31,35,37-38,40H,20-22,26,28-30,32-33H2,1-19H3/b31-23-/t35-,37+,38+,40+,45+,46+/m1/s1. The van der Waals surface area contributed by atoms with Crippen molar-refractivity contribution in [1.29, 1.82) is 0 Å². The van der Waals surface area contributed by atoms with Crippen molar-refractivity contribution in [2.24, 2.45) is 22.7 Å². The number of hydrogen-bond acceptors (Lipinski definition) is 4. The molecule has 0 spiro atoms. The van der Waals surface area contributed by atoms with Gasteiger partial charge in [-0.15, -0.1) is 0 Å². The van der Waals surface area contributed by atoms with Gasteiger partial charge in [0, 0.05) is 5.41 Å². The smallest absolute Gasteiger partial charge is 0.192 e. The maximum atomic E-state index is 7.59. The molecule has 0 bridgehead atoms. The highest BCUT2D eigenvalue weighted by Crippen LogP contribution is 2.66.